The lowest BCUT2D eigenvalue weighted by Crippen LogP contribution is -2.25. The average Bonchev–Trinajstić information content (AvgIpc) is 2.94. The fraction of sp³-hybridized carbons (Fsp3) is 0.182. The molecular weight excluding hydrogens is 425 g/mol. The summed E-state index contributed by atoms with van der Waals surface area (Å²) in [5.74, 6) is -0.615. The van der Waals surface area contributed by atoms with Crippen molar-refractivity contribution in [1.82, 2.24) is 9.36 Å². The first-order chi connectivity index (χ1) is 14.3. The summed E-state index contributed by atoms with van der Waals surface area (Å²) in [7, 11) is 3.05. The van der Waals surface area contributed by atoms with E-state index in [2.05, 4.69) is 11.9 Å². The molecule has 0 bridgehead atoms. The number of nitrogens with zero attached hydrogens (tertiary/aromatic N) is 2. The predicted octanol–water partition coefficient (Wildman–Crippen LogP) is 4.67. The molecule has 3 rings (SSSR count). The number of carbonyl (C=O) groups excluding carboxylic acids is 1. The van der Waals surface area contributed by atoms with Gasteiger partial charge in [-0.1, -0.05) is 54.0 Å². The number of hydrogen-bond donors (Lipinski definition) is 1. The highest BCUT2D eigenvalue weighted by atomic mass is 35.5. The second-order valence-corrected chi connectivity index (χ2v) is 7.54. The van der Waals surface area contributed by atoms with Gasteiger partial charge in [-0.15, -0.1) is 0 Å². The number of methoxy groups -OCH3 is 1. The Morgan fingerprint density at radius 3 is 2.43 bits per heavy atom. The smallest absolute Gasteiger partial charge is 0.335 e. The van der Waals surface area contributed by atoms with Gasteiger partial charge in [0.2, 0.25) is 0 Å². The molecule has 1 unspecified atom stereocenters. The third-order valence-electron chi connectivity index (χ3n) is 4.91. The maximum Gasteiger partial charge on any atom is 0.335 e. The van der Waals surface area contributed by atoms with E-state index in [-0.39, 0.29) is 11.1 Å². The molecule has 0 spiro atoms. The number of esters is 1. The van der Waals surface area contributed by atoms with Gasteiger partial charge in [-0.25, -0.2) is 9.48 Å². The molecule has 3 aromatic rings. The number of rotatable bonds is 6. The Labute approximate surface area is 184 Å². The summed E-state index contributed by atoms with van der Waals surface area (Å²) >= 11 is 12.4. The van der Waals surface area contributed by atoms with Crippen LogP contribution in [-0.4, -0.2) is 22.4 Å². The van der Waals surface area contributed by atoms with Gasteiger partial charge in [0, 0.05) is 17.1 Å². The van der Waals surface area contributed by atoms with E-state index in [0.29, 0.717) is 32.7 Å². The molecule has 1 aromatic heterocycles. The van der Waals surface area contributed by atoms with Crippen LogP contribution in [0.2, 0.25) is 10.0 Å². The zero-order valence-corrected chi connectivity index (χ0v) is 18.3. The van der Waals surface area contributed by atoms with E-state index < -0.39 is 12.0 Å². The van der Waals surface area contributed by atoms with Crippen molar-refractivity contribution in [2.24, 2.45) is 7.05 Å². The van der Waals surface area contributed by atoms with Crippen LogP contribution in [0.15, 0.2) is 65.5 Å². The van der Waals surface area contributed by atoms with Gasteiger partial charge in [-0.05, 0) is 36.8 Å². The molecule has 1 heterocycles. The minimum atomic E-state index is -0.791. The summed E-state index contributed by atoms with van der Waals surface area (Å²) in [6, 6.07) is 13.4. The van der Waals surface area contributed by atoms with Crippen molar-refractivity contribution in [1.29, 1.82) is 0 Å². The Hall–Kier alpha value is -2.96. The van der Waals surface area contributed by atoms with Gasteiger partial charge in [-0.3, -0.25) is 9.48 Å². The number of para-hydroxylation sites is 1. The topological polar surface area (TPSA) is 65.3 Å². The van der Waals surface area contributed by atoms with E-state index in [9.17, 15) is 9.59 Å². The van der Waals surface area contributed by atoms with Crippen LogP contribution in [0.1, 0.15) is 17.3 Å². The van der Waals surface area contributed by atoms with Crippen molar-refractivity contribution in [3.8, 4) is 5.69 Å². The van der Waals surface area contributed by atoms with Crippen molar-refractivity contribution in [2.45, 2.75) is 13.0 Å². The second-order valence-electron chi connectivity index (χ2n) is 6.70. The van der Waals surface area contributed by atoms with E-state index in [4.69, 9.17) is 27.9 Å². The van der Waals surface area contributed by atoms with Crippen LogP contribution in [0.5, 0.6) is 0 Å². The van der Waals surface area contributed by atoms with Crippen LogP contribution in [0.25, 0.3) is 5.69 Å². The fourth-order valence-electron chi connectivity index (χ4n) is 3.22. The fourth-order valence-corrected chi connectivity index (χ4v) is 3.73. The van der Waals surface area contributed by atoms with Gasteiger partial charge in [-0.2, -0.15) is 0 Å². The highest BCUT2D eigenvalue weighted by molar-refractivity contribution is 6.35. The third-order valence-corrected chi connectivity index (χ3v) is 5.47. The zero-order valence-electron chi connectivity index (χ0n) is 16.8. The Bertz CT molecular complexity index is 1170. The Morgan fingerprint density at radius 2 is 1.83 bits per heavy atom. The molecule has 0 amide bonds. The predicted molar refractivity (Wildman–Crippen MR) is 120 cm³/mol. The molecular formula is C22H21Cl2N3O3. The molecule has 0 aliphatic heterocycles. The minimum absolute atomic E-state index is 0.107. The van der Waals surface area contributed by atoms with Gasteiger partial charge in [0.05, 0.1) is 30.1 Å². The molecule has 0 saturated carbocycles. The minimum Gasteiger partial charge on any atom is -0.466 e. The number of carbonyl (C=O) groups is 1. The van der Waals surface area contributed by atoms with Crippen molar-refractivity contribution in [3.05, 3.63) is 92.3 Å². The normalized spacial score (nSPS) is 11.8. The van der Waals surface area contributed by atoms with Crippen LogP contribution in [-0.2, 0) is 16.6 Å². The standard InChI is InChI=1S/C22H21Cl2N3O3/c1-13(22(29)30-4)19(17-11-10-15(23)12-18(17)24)25-20-14(2)26(3)27(21(20)28)16-8-6-5-7-9-16/h5-12,19,25H,1H2,2-4H3. The first-order valence-corrected chi connectivity index (χ1v) is 9.84. The molecule has 156 valence electrons. The van der Waals surface area contributed by atoms with Crippen molar-refractivity contribution < 1.29 is 9.53 Å². The molecule has 0 fully saturated rings. The van der Waals surface area contributed by atoms with Gasteiger partial charge in [0.15, 0.2) is 0 Å². The highest BCUT2D eigenvalue weighted by Gasteiger charge is 2.27. The van der Waals surface area contributed by atoms with E-state index in [0.717, 1.165) is 0 Å². The highest BCUT2D eigenvalue weighted by Crippen LogP contribution is 2.33. The first-order valence-electron chi connectivity index (χ1n) is 9.08. The summed E-state index contributed by atoms with van der Waals surface area (Å²) in [4.78, 5) is 25.5. The maximum atomic E-state index is 13.3. The molecule has 6 nitrogen and oxygen atoms in total. The molecule has 0 aliphatic rings. The molecule has 1 N–H and O–H groups in total. The number of benzene rings is 2. The largest absolute Gasteiger partial charge is 0.466 e. The maximum absolute atomic E-state index is 13.3. The molecule has 0 radical (unpaired) electrons. The van der Waals surface area contributed by atoms with E-state index >= 15 is 0 Å². The molecule has 0 saturated heterocycles. The second kappa shape index (κ2) is 8.81. The van der Waals surface area contributed by atoms with Crippen molar-refractivity contribution >= 4 is 34.9 Å². The van der Waals surface area contributed by atoms with Crippen LogP contribution >= 0.6 is 23.2 Å². The lowest BCUT2D eigenvalue weighted by Gasteiger charge is -2.22. The number of anilines is 1. The number of nitrogens with one attached hydrogen (secondary N) is 1. The first kappa shape index (κ1) is 21.7. The van der Waals surface area contributed by atoms with Crippen LogP contribution in [0, 0.1) is 6.92 Å². The quantitative estimate of drug-likeness (QED) is 0.442. The van der Waals surface area contributed by atoms with Gasteiger partial charge in [0.1, 0.15) is 5.69 Å². The van der Waals surface area contributed by atoms with Gasteiger partial charge < -0.3 is 10.1 Å². The number of halogens is 2. The summed E-state index contributed by atoms with van der Waals surface area (Å²) in [6.45, 7) is 5.67. The van der Waals surface area contributed by atoms with Crippen LogP contribution in [0.3, 0.4) is 0 Å². The molecule has 30 heavy (non-hydrogen) atoms. The average molecular weight is 446 g/mol. The summed E-state index contributed by atoms with van der Waals surface area (Å²) in [6.07, 6.45) is 0. The number of hydrogen-bond acceptors (Lipinski definition) is 4. The van der Waals surface area contributed by atoms with Gasteiger partial charge >= 0.3 is 5.97 Å². The summed E-state index contributed by atoms with van der Waals surface area (Å²) in [5.41, 5.74) is 2.10. The van der Waals surface area contributed by atoms with E-state index in [1.807, 2.05) is 37.3 Å². The summed E-state index contributed by atoms with van der Waals surface area (Å²) < 4.78 is 8.12. The SMILES string of the molecule is C=C(C(=O)OC)C(Nc1c(C)n(C)n(-c2ccccc2)c1=O)c1ccc(Cl)cc1Cl. The third kappa shape index (κ3) is 4.01. The lowest BCUT2D eigenvalue weighted by atomic mass is 9.99. The van der Waals surface area contributed by atoms with E-state index in [1.54, 1.807) is 34.6 Å². The zero-order chi connectivity index (χ0) is 22.0. The molecule has 0 aliphatic carbocycles. The van der Waals surface area contributed by atoms with Crippen molar-refractivity contribution in [3.63, 3.8) is 0 Å². The molecule has 8 heteroatoms. The van der Waals surface area contributed by atoms with Crippen molar-refractivity contribution in [2.75, 3.05) is 12.4 Å². The van der Waals surface area contributed by atoms with Crippen LogP contribution in [0.4, 0.5) is 5.69 Å². The Balaban J connectivity index is 2.13. The van der Waals surface area contributed by atoms with Gasteiger partial charge in [0.25, 0.3) is 5.56 Å². The molecule has 1 atom stereocenters. The number of aromatic nitrogens is 2. The molecule has 2 aromatic carbocycles. The Kier molecular flexibility index (Phi) is 6.39. The van der Waals surface area contributed by atoms with E-state index in [1.165, 1.54) is 7.11 Å². The lowest BCUT2D eigenvalue weighted by molar-refractivity contribution is -0.136. The summed E-state index contributed by atoms with van der Waals surface area (Å²) in [5, 5.41) is 3.94. The van der Waals surface area contributed by atoms with Crippen LogP contribution < -0.4 is 10.9 Å². The monoisotopic (exact) mass is 445 g/mol. The number of ether oxygens (including phenoxy) is 1. The Morgan fingerprint density at radius 1 is 1.17 bits per heavy atom.